The Bertz CT molecular complexity index is 741. The highest BCUT2D eigenvalue weighted by Gasteiger charge is 2.18. The third-order valence-electron chi connectivity index (χ3n) is 4.00. The molecule has 0 amide bonds. The van der Waals surface area contributed by atoms with Gasteiger partial charge < -0.3 is 9.80 Å². The molecule has 0 radical (unpaired) electrons. The topological polar surface area (TPSA) is 36.7 Å². The average molecular weight is 299 g/mol. The molecule has 4 heterocycles. The Balaban J connectivity index is 1.77. The van der Waals surface area contributed by atoms with Gasteiger partial charge in [0.2, 0.25) is 0 Å². The molecule has 0 unspecified atom stereocenters. The summed E-state index contributed by atoms with van der Waals surface area (Å²) in [6, 6.07) is 6.24. The van der Waals surface area contributed by atoms with Crippen molar-refractivity contribution in [2.24, 2.45) is 0 Å². The maximum absolute atomic E-state index is 4.57. The van der Waals surface area contributed by atoms with Gasteiger partial charge >= 0.3 is 0 Å². The summed E-state index contributed by atoms with van der Waals surface area (Å²) in [6.45, 7) is 4.24. The monoisotopic (exact) mass is 299 g/mol. The van der Waals surface area contributed by atoms with Crippen molar-refractivity contribution in [1.82, 2.24) is 19.5 Å². The van der Waals surface area contributed by atoms with E-state index in [2.05, 4.69) is 50.5 Å². The van der Waals surface area contributed by atoms with Crippen LogP contribution in [0.3, 0.4) is 0 Å². The predicted molar refractivity (Wildman–Crippen MR) is 86.0 cm³/mol. The number of rotatable bonds is 2. The van der Waals surface area contributed by atoms with Crippen LogP contribution in [0.25, 0.3) is 16.1 Å². The van der Waals surface area contributed by atoms with Crippen LogP contribution < -0.4 is 4.90 Å². The van der Waals surface area contributed by atoms with Crippen molar-refractivity contribution in [2.45, 2.75) is 0 Å². The molecular weight excluding hydrogens is 282 g/mol. The van der Waals surface area contributed by atoms with Crippen LogP contribution in [0.1, 0.15) is 0 Å². The first-order valence-electron chi connectivity index (χ1n) is 7.13. The standard InChI is InChI=1S/C15H17N5S/c1-18-6-8-19(9-7-18)14-4-5-16-15-12(11-17-20(14)15)13-3-2-10-21-13/h2-5,10-11H,6-9H2,1H3. The van der Waals surface area contributed by atoms with Crippen molar-refractivity contribution < 1.29 is 0 Å². The molecule has 108 valence electrons. The van der Waals surface area contributed by atoms with E-state index in [9.17, 15) is 0 Å². The lowest BCUT2D eigenvalue weighted by molar-refractivity contribution is 0.311. The lowest BCUT2D eigenvalue weighted by Crippen LogP contribution is -2.45. The number of anilines is 1. The SMILES string of the molecule is CN1CCN(c2ccnc3c(-c4cccs4)cnn23)CC1. The molecular formula is C15H17N5S. The van der Waals surface area contributed by atoms with Gasteiger partial charge in [0.15, 0.2) is 5.65 Å². The molecule has 0 N–H and O–H groups in total. The first-order chi connectivity index (χ1) is 10.3. The van der Waals surface area contributed by atoms with Gasteiger partial charge in [0.1, 0.15) is 5.82 Å². The van der Waals surface area contributed by atoms with Gasteiger partial charge in [-0.3, -0.25) is 0 Å². The van der Waals surface area contributed by atoms with Crippen molar-refractivity contribution in [3.63, 3.8) is 0 Å². The number of nitrogens with zero attached hydrogens (tertiary/aromatic N) is 5. The van der Waals surface area contributed by atoms with Gasteiger partial charge in [-0.25, -0.2) is 4.98 Å². The maximum Gasteiger partial charge on any atom is 0.166 e. The zero-order valence-corrected chi connectivity index (χ0v) is 12.8. The smallest absolute Gasteiger partial charge is 0.166 e. The van der Waals surface area contributed by atoms with Crippen LogP contribution in [0.2, 0.25) is 0 Å². The molecule has 5 nitrogen and oxygen atoms in total. The van der Waals surface area contributed by atoms with E-state index in [4.69, 9.17) is 0 Å². The molecule has 0 bridgehead atoms. The Morgan fingerprint density at radius 3 is 2.76 bits per heavy atom. The summed E-state index contributed by atoms with van der Waals surface area (Å²) in [4.78, 5) is 10.5. The normalized spacial score (nSPS) is 16.7. The van der Waals surface area contributed by atoms with Crippen molar-refractivity contribution in [3.8, 4) is 10.4 Å². The molecule has 1 aliphatic heterocycles. The average Bonchev–Trinajstić information content (AvgIpc) is 3.16. The number of fused-ring (bicyclic) bond motifs is 1. The minimum Gasteiger partial charge on any atom is -0.354 e. The fraction of sp³-hybridized carbons (Fsp3) is 0.333. The Kier molecular flexibility index (Phi) is 3.12. The lowest BCUT2D eigenvalue weighted by Gasteiger charge is -2.33. The highest BCUT2D eigenvalue weighted by Crippen LogP contribution is 2.29. The first kappa shape index (κ1) is 12.8. The molecule has 0 saturated carbocycles. The van der Waals surface area contributed by atoms with Gasteiger partial charge in [-0.1, -0.05) is 6.07 Å². The first-order valence-corrected chi connectivity index (χ1v) is 8.01. The molecule has 21 heavy (non-hydrogen) atoms. The minimum atomic E-state index is 0.939. The van der Waals surface area contributed by atoms with Crippen LogP contribution in [0.15, 0.2) is 36.0 Å². The largest absolute Gasteiger partial charge is 0.354 e. The van der Waals surface area contributed by atoms with Gasteiger partial charge in [0, 0.05) is 37.3 Å². The van der Waals surface area contributed by atoms with E-state index in [1.165, 1.54) is 4.88 Å². The van der Waals surface area contributed by atoms with Crippen LogP contribution in [0.5, 0.6) is 0 Å². The number of thiophene rings is 1. The second-order valence-electron chi connectivity index (χ2n) is 5.36. The Hall–Kier alpha value is -1.92. The molecule has 1 aliphatic rings. The number of piperazine rings is 1. The summed E-state index contributed by atoms with van der Waals surface area (Å²) in [5, 5.41) is 6.66. The fourth-order valence-electron chi connectivity index (χ4n) is 2.76. The van der Waals surface area contributed by atoms with Crippen molar-refractivity contribution >= 4 is 22.8 Å². The number of hydrogen-bond donors (Lipinski definition) is 0. The van der Waals surface area contributed by atoms with Gasteiger partial charge in [-0.15, -0.1) is 11.3 Å². The minimum absolute atomic E-state index is 0.939. The van der Waals surface area contributed by atoms with Crippen molar-refractivity contribution in [1.29, 1.82) is 0 Å². The highest BCUT2D eigenvalue weighted by atomic mass is 32.1. The number of likely N-dealkylation sites (N-methyl/N-ethyl adjacent to an activating group) is 1. The number of aromatic nitrogens is 3. The highest BCUT2D eigenvalue weighted by molar-refractivity contribution is 7.13. The molecule has 1 saturated heterocycles. The summed E-state index contributed by atoms with van der Waals surface area (Å²) in [6.07, 6.45) is 3.81. The van der Waals surface area contributed by atoms with Crippen molar-refractivity contribution in [3.05, 3.63) is 36.0 Å². The summed E-state index contributed by atoms with van der Waals surface area (Å²) >= 11 is 1.72. The Morgan fingerprint density at radius 2 is 2.00 bits per heavy atom. The Morgan fingerprint density at radius 1 is 1.14 bits per heavy atom. The molecule has 4 rings (SSSR count). The van der Waals surface area contributed by atoms with Crippen molar-refractivity contribution in [2.75, 3.05) is 38.1 Å². The van der Waals surface area contributed by atoms with E-state index in [0.29, 0.717) is 0 Å². The third-order valence-corrected chi connectivity index (χ3v) is 4.90. The molecule has 3 aromatic rings. The summed E-state index contributed by atoms with van der Waals surface area (Å²) in [7, 11) is 2.17. The summed E-state index contributed by atoms with van der Waals surface area (Å²) in [5.41, 5.74) is 2.05. The molecule has 0 aromatic carbocycles. The summed E-state index contributed by atoms with van der Waals surface area (Å²) in [5.74, 6) is 1.14. The van der Waals surface area contributed by atoms with Gasteiger partial charge in [0.05, 0.1) is 11.8 Å². The molecule has 3 aromatic heterocycles. The van der Waals surface area contributed by atoms with Gasteiger partial charge in [0.25, 0.3) is 0 Å². The van der Waals surface area contributed by atoms with Gasteiger partial charge in [-0.05, 0) is 24.6 Å². The third kappa shape index (κ3) is 2.20. The summed E-state index contributed by atoms with van der Waals surface area (Å²) < 4.78 is 1.97. The van der Waals surface area contributed by atoms with Crippen LogP contribution in [-0.2, 0) is 0 Å². The second kappa shape index (κ2) is 5.13. The predicted octanol–water partition coefficient (Wildman–Crippen LogP) is 2.21. The van der Waals surface area contributed by atoms with E-state index < -0.39 is 0 Å². The van der Waals surface area contributed by atoms with E-state index >= 15 is 0 Å². The lowest BCUT2D eigenvalue weighted by atomic mass is 10.3. The van der Waals surface area contributed by atoms with Gasteiger partial charge in [-0.2, -0.15) is 9.61 Å². The molecule has 0 atom stereocenters. The second-order valence-corrected chi connectivity index (χ2v) is 6.31. The van der Waals surface area contributed by atoms with Crippen LogP contribution >= 0.6 is 11.3 Å². The van der Waals surface area contributed by atoms with E-state index in [-0.39, 0.29) is 0 Å². The molecule has 0 aliphatic carbocycles. The quantitative estimate of drug-likeness (QED) is 0.727. The van der Waals surface area contributed by atoms with E-state index in [1.54, 1.807) is 11.3 Å². The molecule has 1 fully saturated rings. The number of hydrogen-bond acceptors (Lipinski definition) is 5. The van der Waals surface area contributed by atoms with Crippen LogP contribution in [0, 0.1) is 0 Å². The van der Waals surface area contributed by atoms with E-state index in [1.807, 2.05) is 16.9 Å². The maximum atomic E-state index is 4.57. The zero-order valence-electron chi connectivity index (χ0n) is 11.9. The fourth-order valence-corrected chi connectivity index (χ4v) is 3.49. The van der Waals surface area contributed by atoms with E-state index in [0.717, 1.165) is 43.2 Å². The molecule has 6 heteroatoms. The Labute approximate surface area is 127 Å². The molecule has 0 spiro atoms. The van der Waals surface area contributed by atoms with Crippen LogP contribution in [-0.4, -0.2) is 52.7 Å². The zero-order chi connectivity index (χ0) is 14.2. The van der Waals surface area contributed by atoms with Crippen LogP contribution in [0.4, 0.5) is 5.82 Å².